The van der Waals surface area contributed by atoms with Crippen LogP contribution in [-0.4, -0.2) is 28.0 Å². The Bertz CT molecular complexity index is 409. The molecule has 0 fully saturated rings. The van der Waals surface area contributed by atoms with Crippen LogP contribution in [0.2, 0.25) is 5.02 Å². The molecule has 3 N–H and O–H groups in total. The van der Waals surface area contributed by atoms with Gasteiger partial charge in [0.2, 0.25) is 0 Å². The first-order valence-electron chi connectivity index (χ1n) is 5.11. The third-order valence-electron chi connectivity index (χ3n) is 2.43. The van der Waals surface area contributed by atoms with Crippen molar-refractivity contribution < 1.29 is 28.5 Å². The maximum atomic E-state index is 12.7. The van der Waals surface area contributed by atoms with E-state index in [4.69, 9.17) is 16.7 Å². The second kappa shape index (κ2) is 5.88. The van der Waals surface area contributed by atoms with E-state index >= 15 is 0 Å². The van der Waals surface area contributed by atoms with Crippen molar-refractivity contribution in [2.45, 2.75) is 24.8 Å². The number of rotatable bonds is 4. The summed E-state index contributed by atoms with van der Waals surface area (Å²) in [6.45, 7) is -0.437. The predicted molar refractivity (Wildman–Crippen MR) is 59.1 cm³/mol. The zero-order chi connectivity index (χ0) is 13.9. The SMILES string of the molecule is OCCC(O)C(O)c1ccc(Cl)cc1C(F)(F)F. The van der Waals surface area contributed by atoms with Crippen LogP contribution in [0.4, 0.5) is 13.2 Å². The molecule has 2 unspecified atom stereocenters. The van der Waals surface area contributed by atoms with Crippen LogP contribution in [0.1, 0.15) is 23.7 Å². The molecule has 0 amide bonds. The van der Waals surface area contributed by atoms with Crippen molar-refractivity contribution in [1.29, 1.82) is 0 Å². The summed E-state index contributed by atoms with van der Waals surface area (Å²) in [5, 5.41) is 27.5. The minimum atomic E-state index is -4.68. The van der Waals surface area contributed by atoms with Crippen LogP contribution < -0.4 is 0 Å². The van der Waals surface area contributed by atoms with Crippen LogP contribution >= 0.6 is 11.6 Å². The van der Waals surface area contributed by atoms with E-state index in [0.29, 0.717) is 6.07 Å². The Morgan fingerprint density at radius 1 is 1.22 bits per heavy atom. The van der Waals surface area contributed by atoms with E-state index in [1.165, 1.54) is 6.07 Å². The lowest BCUT2D eigenvalue weighted by Crippen LogP contribution is -2.22. The third-order valence-corrected chi connectivity index (χ3v) is 2.66. The van der Waals surface area contributed by atoms with Crippen LogP contribution in [0.3, 0.4) is 0 Å². The zero-order valence-corrected chi connectivity index (χ0v) is 9.91. The van der Waals surface area contributed by atoms with Gasteiger partial charge in [-0.1, -0.05) is 17.7 Å². The summed E-state index contributed by atoms with van der Waals surface area (Å²) in [6.07, 6.45) is -8.11. The Balaban J connectivity index is 3.15. The van der Waals surface area contributed by atoms with Crippen molar-refractivity contribution in [2.24, 2.45) is 0 Å². The Hall–Kier alpha value is -0.820. The summed E-state index contributed by atoms with van der Waals surface area (Å²) in [5.74, 6) is 0. The van der Waals surface area contributed by atoms with Gasteiger partial charge in [0, 0.05) is 11.6 Å². The van der Waals surface area contributed by atoms with Crippen molar-refractivity contribution in [3.8, 4) is 0 Å². The lowest BCUT2D eigenvalue weighted by atomic mass is 9.97. The van der Waals surface area contributed by atoms with E-state index in [-0.39, 0.29) is 11.4 Å². The molecule has 0 spiro atoms. The minimum absolute atomic E-state index is 0.116. The average molecular weight is 285 g/mol. The fourth-order valence-corrected chi connectivity index (χ4v) is 1.70. The highest BCUT2D eigenvalue weighted by Crippen LogP contribution is 2.37. The smallest absolute Gasteiger partial charge is 0.396 e. The molecule has 0 heterocycles. The maximum Gasteiger partial charge on any atom is 0.416 e. The molecule has 102 valence electrons. The Kier molecular flexibility index (Phi) is 4.98. The van der Waals surface area contributed by atoms with Crippen molar-refractivity contribution in [2.75, 3.05) is 6.61 Å². The molecule has 18 heavy (non-hydrogen) atoms. The molecular weight excluding hydrogens is 273 g/mol. The first kappa shape index (κ1) is 15.2. The van der Waals surface area contributed by atoms with Gasteiger partial charge in [0.1, 0.15) is 6.10 Å². The normalized spacial score (nSPS) is 15.5. The van der Waals surface area contributed by atoms with Crippen LogP contribution in [0, 0.1) is 0 Å². The average Bonchev–Trinajstić information content (AvgIpc) is 2.27. The standard InChI is InChI=1S/C11H12ClF3O3/c12-6-1-2-7(8(5-6)11(13,14)15)10(18)9(17)3-4-16/h1-2,5,9-10,16-18H,3-4H2. The quantitative estimate of drug-likeness (QED) is 0.794. The van der Waals surface area contributed by atoms with E-state index in [1.54, 1.807) is 0 Å². The van der Waals surface area contributed by atoms with E-state index < -0.39 is 36.1 Å². The number of halogens is 4. The molecule has 0 saturated carbocycles. The van der Waals surface area contributed by atoms with Gasteiger partial charge in [-0.15, -0.1) is 0 Å². The van der Waals surface area contributed by atoms with Gasteiger partial charge >= 0.3 is 6.18 Å². The van der Waals surface area contributed by atoms with Gasteiger partial charge in [-0.3, -0.25) is 0 Å². The largest absolute Gasteiger partial charge is 0.416 e. The van der Waals surface area contributed by atoms with Gasteiger partial charge in [0.15, 0.2) is 0 Å². The Morgan fingerprint density at radius 2 is 1.83 bits per heavy atom. The van der Waals surface area contributed by atoms with Crippen molar-refractivity contribution in [1.82, 2.24) is 0 Å². The number of aliphatic hydroxyl groups excluding tert-OH is 3. The van der Waals surface area contributed by atoms with E-state index in [0.717, 1.165) is 6.07 Å². The highest BCUT2D eigenvalue weighted by Gasteiger charge is 2.36. The Morgan fingerprint density at radius 3 is 2.33 bits per heavy atom. The lowest BCUT2D eigenvalue weighted by Gasteiger charge is -2.21. The number of benzene rings is 1. The van der Waals surface area contributed by atoms with Crippen molar-refractivity contribution in [3.05, 3.63) is 34.3 Å². The zero-order valence-electron chi connectivity index (χ0n) is 9.15. The molecule has 0 saturated heterocycles. The van der Waals surface area contributed by atoms with Gasteiger partial charge in [-0.25, -0.2) is 0 Å². The van der Waals surface area contributed by atoms with Crippen LogP contribution in [-0.2, 0) is 6.18 Å². The molecule has 0 aliphatic rings. The Labute approximate surface area is 106 Å². The van der Waals surface area contributed by atoms with Gasteiger partial charge in [-0.05, 0) is 24.1 Å². The predicted octanol–water partition coefficient (Wildman–Crippen LogP) is 2.14. The summed E-state index contributed by atoms with van der Waals surface area (Å²) < 4.78 is 38.2. The number of alkyl halides is 3. The number of hydrogen-bond acceptors (Lipinski definition) is 3. The summed E-state index contributed by atoms with van der Waals surface area (Å²) in [5.41, 5.74) is -1.56. The molecule has 1 aromatic rings. The topological polar surface area (TPSA) is 60.7 Å². The van der Waals surface area contributed by atoms with Gasteiger partial charge in [-0.2, -0.15) is 13.2 Å². The van der Waals surface area contributed by atoms with Crippen molar-refractivity contribution in [3.63, 3.8) is 0 Å². The first-order valence-corrected chi connectivity index (χ1v) is 5.48. The number of hydrogen-bond donors (Lipinski definition) is 3. The fraction of sp³-hybridized carbons (Fsp3) is 0.455. The molecule has 1 aromatic carbocycles. The molecular formula is C11H12ClF3O3. The minimum Gasteiger partial charge on any atom is -0.396 e. The van der Waals surface area contributed by atoms with Crippen LogP contribution in [0.5, 0.6) is 0 Å². The molecule has 0 radical (unpaired) electrons. The van der Waals surface area contributed by atoms with Gasteiger partial charge in [0.05, 0.1) is 11.7 Å². The molecule has 0 aliphatic carbocycles. The molecule has 0 aromatic heterocycles. The second-order valence-corrected chi connectivity index (χ2v) is 4.19. The third kappa shape index (κ3) is 3.58. The molecule has 7 heteroatoms. The summed E-state index contributed by atoms with van der Waals surface area (Å²) >= 11 is 5.48. The highest BCUT2D eigenvalue weighted by atomic mass is 35.5. The number of aliphatic hydroxyl groups is 3. The molecule has 0 aliphatic heterocycles. The van der Waals surface area contributed by atoms with Crippen molar-refractivity contribution >= 4 is 11.6 Å². The maximum absolute atomic E-state index is 12.7. The van der Waals surface area contributed by atoms with E-state index in [9.17, 15) is 23.4 Å². The summed E-state index contributed by atoms with van der Waals surface area (Å²) in [7, 11) is 0. The molecule has 0 bridgehead atoms. The fourth-order valence-electron chi connectivity index (χ4n) is 1.53. The monoisotopic (exact) mass is 284 g/mol. The first-order chi connectivity index (χ1) is 8.27. The van der Waals surface area contributed by atoms with E-state index in [1.807, 2.05) is 0 Å². The lowest BCUT2D eigenvalue weighted by molar-refractivity contribution is -0.140. The van der Waals surface area contributed by atoms with E-state index in [2.05, 4.69) is 0 Å². The van der Waals surface area contributed by atoms with Crippen LogP contribution in [0.25, 0.3) is 0 Å². The van der Waals surface area contributed by atoms with Gasteiger partial charge in [0.25, 0.3) is 0 Å². The summed E-state index contributed by atoms with van der Waals surface area (Å²) in [6, 6.07) is 2.89. The highest BCUT2D eigenvalue weighted by molar-refractivity contribution is 6.30. The second-order valence-electron chi connectivity index (χ2n) is 3.75. The van der Waals surface area contributed by atoms with Gasteiger partial charge < -0.3 is 15.3 Å². The van der Waals surface area contributed by atoms with Crippen LogP contribution in [0.15, 0.2) is 18.2 Å². The molecule has 1 rings (SSSR count). The molecule has 2 atom stereocenters. The molecule has 3 nitrogen and oxygen atoms in total. The summed E-state index contributed by atoms with van der Waals surface area (Å²) in [4.78, 5) is 0.